The summed E-state index contributed by atoms with van der Waals surface area (Å²) in [6.45, 7) is 0. The van der Waals surface area contributed by atoms with E-state index in [1.54, 1.807) is 48.5 Å². The molecule has 5 aromatic rings. The molecule has 0 saturated carbocycles. The van der Waals surface area contributed by atoms with Crippen molar-refractivity contribution in [2.24, 2.45) is 0 Å². The summed E-state index contributed by atoms with van der Waals surface area (Å²) in [6, 6.07) is 14.5. The summed E-state index contributed by atoms with van der Waals surface area (Å²) in [6.07, 6.45) is 0. The first-order chi connectivity index (χ1) is 19.1. The van der Waals surface area contributed by atoms with Crippen LogP contribution in [0.2, 0.25) is 20.1 Å². The Bertz CT molecular complexity index is 1940. The van der Waals surface area contributed by atoms with E-state index >= 15 is 0 Å². The van der Waals surface area contributed by atoms with Crippen molar-refractivity contribution in [2.45, 2.75) is 5.60 Å². The molecular formula is C29H12Cl4O7. The second-order valence-corrected chi connectivity index (χ2v) is 10.8. The molecule has 198 valence electrons. The molecule has 0 aromatic heterocycles. The Labute approximate surface area is 244 Å². The van der Waals surface area contributed by atoms with E-state index in [1.165, 1.54) is 0 Å². The molecule has 7 rings (SSSR count). The number of aromatic carboxylic acids is 1. The maximum absolute atomic E-state index is 13.7. The average molecular weight is 614 g/mol. The van der Waals surface area contributed by atoms with Gasteiger partial charge in [-0.15, -0.1) is 0 Å². The maximum Gasteiger partial charge on any atom is 0.341 e. The van der Waals surface area contributed by atoms with Gasteiger partial charge in [0.05, 0.1) is 32.3 Å². The van der Waals surface area contributed by atoms with Gasteiger partial charge in [-0.3, -0.25) is 0 Å². The highest BCUT2D eigenvalue weighted by molar-refractivity contribution is 6.40. The number of benzene rings is 5. The zero-order chi connectivity index (χ0) is 28.2. The van der Waals surface area contributed by atoms with Gasteiger partial charge in [-0.1, -0.05) is 94.9 Å². The van der Waals surface area contributed by atoms with E-state index in [-0.39, 0.29) is 65.3 Å². The summed E-state index contributed by atoms with van der Waals surface area (Å²) in [5.41, 5.74) is -2.14. The van der Waals surface area contributed by atoms with E-state index in [2.05, 4.69) is 0 Å². The molecule has 2 aliphatic heterocycles. The smallest absolute Gasteiger partial charge is 0.341 e. The monoisotopic (exact) mass is 612 g/mol. The molecule has 0 atom stereocenters. The molecule has 1 spiro atoms. The van der Waals surface area contributed by atoms with Gasteiger partial charge in [0.15, 0.2) is 17.1 Å². The molecular weight excluding hydrogens is 602 g/mol. The number of carbonyl (C=O) groups excluding carboxylic acids is 1. The molecule has 11 heteroatoms. The lowest BCUT2D eigenvalue weighted by atomic mass is 9.73. The number of fused-ring (bicyclic) bond motifs is 10. The van der Waals surface area contributed by atoms with Gasteiger partial charge in [0.1, 0.15) is 21.5 Å². The van der Waals surface area contributed by atoms with E-state index in [0.29, 0.717) is 21.5 Å². The molecule has 0 saturated heterocycles. The molecule has 0 amide bonds. The normalized spacial score (nSPS) is 14.6. The Morgan fingerprint density at radius 1 is 0.725 bits per heavy atom. The van der Waals surface area contributed by atoms with E-state index in [1.807, 2.05) is 0 Å². The highest BCUT2D eigenvalue weighted by Crippen LogP contribution is 2.66. The van der Waals surface area contributed by atoms with E-state index in [4.69, 9.17) is 55.9 Å². The highest BCUT2D eigenvalue weighted by atomic mass is 35.5. The van der Waals surface area contributed by atoms with Crippen molar-refractivity contribution in [3.05, 3.63) is 103 Å². The van der Waals surface area contributed by atoms with Crippen molar-refractivity contribution in [1.82, 2.24) is 0 Å². The number of ether oxygens (including phenoxy) is 2. The van der Waals surface area contributed by atoms with Crippen molar-refractivity contribution in [1.29, 1.82) is 0 Å². The van der Waals surface area contributed by atoms with Crippen LogP contribution in [0.3, 0.4) is 0 Å². The lowest BCUT2D eigenvalue weighted by Crippen LogP contribution is -2.34. The molecule has 3 N–H and O–H groups in total. The first kappa shape index (κ1) is 25.1. The Balaban J connectivity index is 1.80. The fourth-order valence-corrected chi connectivity index (χ4v) is 6.87. The molecule has 0 aliphatic carbocycles. The molecule has 2 heterocycles. The van der Waals surface area contributed by atoms with Crippen LogP contribution in [0.4, 0.5) is 0 Å². The number of carboxylic acid groups (broad SMARTS) is 1. The minimum absolute atomic E-state index is 0.0405. The van der Waals surface area contributed by atoms with Crippen molar-refractivity contribution >= 4 is 79.9 Å². The molecule has 0 unspecified atom stereocenters. The average Bonchev–Trinajstić information content (AvgIpc) is 3.25. The van der Waals surface area contributed by atoms with Gasteiger partial charge in [-0.25, -0.2) is 9.59 Å². The van der Waals surface area contributed by atoms with Crippen LogP contribution in [0.15, 0.2) is 54.6 Å². The molecule has 5 aromatic carbocycles. The number of carbonyl (C=O) groups is 2. The third-order valence-corrected chi connectivity index (χ3v) is 8.72. The predicted molar refractivity (Wildman–Crippen MR) is 150 cm³/mol. The summed E-state index contributed by atoms with van der Waals surface area (Å²) in [5, 5.41) is 32.3. The SMILES string of the molecule is O=C(O)c1cc(Cl)c2c(c1Cl)C(=O)OC21c2c(c(Cl)c(O)c3ccccc23)Oc2c(Cl)c(O)c3ccccc3c21. The largest absolute Gasteiger partial charge is 0.506 e. The highest BCUT2D eigenvalue weighted by Gasteiger charge is 2.59. The van der Waals surface area contributed by atoms with E-state index in [9.17, 15) is 24.9 Å². The van der Waals surface area contributed by atoms with Crippen LogP contribution < -0.4 is 4.74 Å². The van der Waals surface area contributed by atoms with Gasteiger partial charge >= 0.3 is 11.9 Å². The third kappa shape index (κ3) is 2.92. The van der Waals surface area contributed by atoms with Crippen molar-refractivity contribution in [3.8, 4) is 23.0 Å². The standard InChI is InChI=1S/C29H12Cl4O7/c30-15-9-14(27(36)37)20(31)16-19(15)29(40-28(16)38)17-10-5-1-3-7-12(10)23(34)21(32)25(17)39-26-18(29)11-6-2-4-8-13(11)24(35)22(26)33/h1-9,34-35H,(H,36,37). The van der Waals surface area contributed by atoms with Gasteiger partial charge in [0, 0.05) is 16.3 Å². The molecule has 2 aliphatic rings. The van der Waals surface area contributed by atoms with Crippen molar-refractivity contribution < 1.29 is 34.4 Å². The third-order valence-electron chi connectivity index (χ3n) is 7.33. The molecule has 0 radical (unpaired) electrons. The number of phenolic OH excluding ortho intramolecular Hbond substituents is 2. The number of hydrogen-bond acceptors (Lipinski definition) is 6. The fourth-order valence-electron chi connectivity index (χ4n) is 5.76. The van der Waals surface area contributed by atoms with Gasteiger partial charge in [-0.2, -0.15) is 0 Å². The van der Waals surface area contributed by atoms with Gasteiger partial charge in [0.2, 0.25) is 0 Å². The lowest BCUT2D eigenvalue weighted by Gasteiger charge is -2.39. The number of hydrogen-bond donors (Lipinski definition) is 3. The Morgan fingerprint density at radius 2 is 1.20 bits per heavy atom. The van der Waals surface area contributed by atoms with Crippen LogP contribution >= 0.6 is 46.4 Å². The summed E-state index contributed by atoms with van der Waals surface area (Å²) in [4.78, 5) is 25.7. The zero-order valence-corrected chi connectivity index (χ0v) is 22.7. The zero-order valence-electron chi connectivity index (χ0n) is 19.7. The van der Waals surface area contributed by atoms with Crippen LogP contribution in [0, 0.1) is 0 Å². The Hall–Kier alpha value is -3.88. The number of carboxylic acids is 1. The minimum atomic E-state index is -1.94. The van der Waals surface area contributed by atoms with Crippen LogP contribution in [0.5, 0.6) is 23.0 Å². The second kappa shape index (κ2) is 8.32. The van der Waals surface area contributed by atoms with Crippen LogP contribution in [-0.2, 0) is 10.3 Å². The van der Waals surface area contributed by atoms with Gasteiger partial charge < -0.3 is 24.8 Å². The molecule has 0 bridgehead atoms. The maximum atomic E-state index is 13.7. The lowest BCUT2D eigenvalue weighted by molar-refractivity contribution is 0.0234. The van der Waals surface area contributed by atoms with Crippen LogP contribution in [0.1, 0.15) is 37.4 Å². The quantitative estimate of drug-likeness (QED) is 0.163. The first-order valence-electron chi connectivity index (χ1n) is 11.6. The topological polar surface area (TPSA) is 113 Å². The second-order valence-electron chi connectivity index (χ2n) is 9.27. The summed E-state index contributed by atoms with van der Waals surface area (Å²) >= 11 is 26.7. The van der Waals surface area contributed by atoms with E-state index < -0.39 is 23.1 Å². The van der Waals surface area contributed by atoms with Crippen LogP contribution in [0.25, 0.3) is 21.5 Å². The van der Waals surface area contributed by atoms with E-state index in [0.717, 1.165) is 6.07 Å². The minimum Gasteiger partial charge on any atom is -0.506 e. The van der Waals surface area contributed by atoms with Crippen molar-refractivity contribution in [3.63, 3.8) is 0 Å². The summed E-state index contributed by atoms with van der Waals surface area (Å²) in [5.74, 6) is -3.15. The fraction of sp³-hybridized carbons (Fsp3) is 0.0345. The Morgan fingerprint density at radius 3 is 1.68 bits per heavy atom. The number of halogens is 4. The van der Waals surface area contributed by atoms with Crippen LogP contribution in [-0.4, -0.2) is 27.3 Å². The van der Waals surface area contributed by atoms with Gasteiger partial charge in [-0.05, 0) is 16.8 Å². The van der Waals surface area contributed by atoms with Crippen molar-refractivity contribution in [2.75, 3.05) is 0 Å². The Kier molecular flexibility index (Phi) is 5.22. The molecule has 7 nitrogen and oxygen atoms in total. The first-order valence-corrected chi connectivity index (χ1v) is 13.1. The molecule has 40 heavy (non-hydrogen) atoms. The molecule has 0 fully saturated rings. The number of esters is 1. The number of rotatable bonds is 1. The van der Waals surface area contributed by atoms with Gasteiger partial charge in [0.25, 0.3) is 0 Å². The summed E-state index contributed by atoms with van der Waals surface area (Å²) in [7, 11) is 0. The number of phenols is 2. The number of aromatic hydroxyl groups is 2. The summed E-state index contributed by atoms with van der Waals surface area (Å²) < 4.78 is 12.5. The predicted octanol–water partition coefficient (Wildman–Crippen LogP) is 8.28.